The number of thiophene rings is 1. The summed E-state index contributed by atoms with van der Waals surface area (Å²) >= 11 is 1.74. The molecule has 1 aromatic heterocycles. The number of ether oxygens (including phenoxy) is 2. The number of rotatable bonds is 13. The van der Waals surface area contributed by atoms with Crippen molar-refractivity contribution in [2.45, 2.75) is 44.8 Å². The van der Waals surface area contributed by atoms with Crippen LogP contribution in [0.1, 0.15) is 42.7 Å². The van der Waals surface area contributed by atoms with Gasteiger partial charge in [0.2, 0.25) is 5.91 Å². The largest absolute Gasteiger partial charge is 0.493 e. The van der Waals surface area contributed by atoms with Gasteiger partial charge >= 0.3 is 0 Å². The zero-order chi connectivity index (χ0) is 23.6. The second-order valence-electron chi connectivity index (χ2n) is 8.37. The molecule has 0 radical (unpaired) electrons. The Morgan fingerprint density at radius 3 is 2.88 bits per heavy atom. The highest BCUT2D eigenvalue weighted by molar-refractivity contribution is 7.10. The van der Waals surface area contributed by atoms with Gasteiger partial charge in [0.25, 0.3) is 0 Å². The van der Waals surface area contributed by atoms with Crippen LogP contribution in [0.3, 0.4) is 0 Å². The van der Waals surface area contributed by atoms with Crippen LogP contribution in [0.2, 0.25) is 0 Å². The van der Waals surface area contributed by atoms with Crippen molar-refractivity contribution >= 4 is 17.2 Å². The molecule has 1 amide bonds. The van der Waals surface area contributed by atoms with Gasteiger partial charge in [-0.3, -0.25) is 9.69 Å². The number of allylic oxidation sites excluding steroid dienone is 1. The molecule has 0 spiro atoms. The van der Waals surface area contributed by atoms with Gasteiger partial charge in [-0.2, -0.15) is 0 Å². The molecule has 6 nitrogen and oxygen atoms in total. The fourth-order valence-corrected chi connectivity index (χ4v) is 5.24. The first-order valence-electron chi connectivity index (χ1n) is 11.7. The van der Waals surface area contributed by atoms with Crippen molar-refractivity contribution in [3.8, 4) is 11.5 Å². The molecular weight excluding hydrogens is 436 g/mol. The van der Waals surface area contributed by atoms with E-state index in [0.29, 0.717) is 44.2 Å². The van der Waals surface area contributed by atoms with Crippen molar-refractivity contribution in [3.63, 3.8) is 0 Å². The average Bonchev–Trinajstić information content (AvgIpc) is 3.30. The van der Waals surface area contributed by atoms with E-state index in [1.54, 1.807) is 18.4 Å². The van der Waals surface area contributed by atoms with E-state index >= 15 is 0 Å². The molecule has 2 atom stereocenters. The van der Waals surface area contributed by atoms with Crippen LogP contribution in [0.5, 0.6) is 11.5 Å². The fourth-order valence-electron chi connectivity index (χ4n) is 4.31. The Morgan fingerprint density at radius 2 is 2.15 bits per heavy atom. The van der Waals surface area contributed by atoms with E-state index in [0.717, 1.165) is 25.8 Å². The molecule has 7 heteroatoms. The maximum atomic E-state index is 13.5. The van der Waals surface area contributed by atoms with Crippen LogP contribution in [0, 0.1) is 0 Å². The molecule has 180 valence electrons. The summed E-state index contributed by atoms with van der Waals surface area (Å²) in [6.45, 7) is 8.42. The number of hydrogen-bond donors (Lipinski definition) is 1. The second-order valence-corrected chi connectivity index (χ2v) is 9.37. The molecule has 3 rings (SSSR count). The minimum absolute atomic E-state index is 0.0739. The number of nitrogens with zero attached hydrogens (tertiary/aromatic N) is 2. The summed E-state index contributed by atoms with van der Waals surface area (Å²) in [6.07, 6.45) is 4.57. The van der Waals surface area contributed by atoms with Crippen molar-refractivity contribution in [1.29, 1.82) is 0 Å². The smallest absolute Gasteiger partial charge is 0.237 e. The predicted octanol–water partition coefficient (Wildman–Crippen LogP) is 4.30. The highest BCUT2D eigenvalue weighted by atomic mass is 32.1. The Morgan fingerprint density at radius 1 is 1.36 bits per heavy atom. The summed E-state index contributed by atoms with van der Waals surface area (Å²) in [4.78, 5) is 18.8. The Hall–Kier alpha value is -2.35. The number of benzene rings is 1. The van der Waals surface area contributed by atoms with Crippen LogP contribution in [-0.4, -0.2) is 66.8 Å². The Balaban J connectivity index is 1.72. The van der Waals surface area contributed by atoms with Crippen molar-refractivity contribution < 1.29 is 19.4 Å². The summed E-state index contributed by atoms with van der Waals surface area (Å²) in [5, 5.41) is 12.5. The topological polar surface area (TPSA) is 62.2 Å². The molecule has 1 N–H and O–H groups in total. The second kappa shape index (κ2) is 12.8. The van der Waals surface area contributed by atoms with E-state index in [1.165, 1.54) is 10.4 Å². The number of aliphatic hydroxyl groups excluding tert-OH is 1. The molecule has 0 aliphatic carbocycles. The first-order valence-corrected chi connectivity index (χ1v) is 12.6. The first-order chi connectivity index (χ1) is 16.1. The van der Waals surface area contributed by atoms with Crippen molar-refractivity contribution in [1.82, 2.24) is 9.80 Å². The summed E-state index contributed by atoms with van der Waals surface area (Å²) in [7, 11) is 1.63. The number of amides is 1. The Kier molecular flexibility index (Phi) is 9.78. The van der Waals surface area contributed by atoms with Crippen molar-refractivity contribution in [2.75, 3.05) is 39.9 Å². The summed E-state index contributed by atoms with van der Waals surface area (Å²) in [5.41, 5.74) is 1.17. The molecule has 1 aliphatic heterocycles. The molecule has 2 heterocycles. The SMILES string of the molecule is C=CCCC(O)CN(CCC)CC(=O)N1CCc2sccc2C1COc1ccccc1OC. The lowest BCUT2D eigenvalue weighted by atomic mass is 10.0. The van der Waals surface area contributed by atoms with E-state index in [4.69, 9.17) is 9.47 Å². The van der Waals surface area contributed by atoms with Gasteiger partial charge in [0.05, 0.1) is 25.8 Å². The van der Waals surface area contributed by atoms with Gasteiger partial charge in [0.15, 0.2) is 11.5 Å². The number of hydrogen-bond acceptors (Lipinski definition) is 6. The highest BCUT2D eigenvalue weighted by Crippen LogP contribution is 2.35. The van der Waals surface area contributed by atoms with Gasteiger partial charge in [-0.1, -0.05) is 25.1 Å². The standard InChI is InChI=1S/C26H36N2O4S/c1-4-6-9-20(29)17-27(14-5-2)18-26(30)28-15-12-25-21(13-16-33-25)22(28)19-32-24-11-8-7-10-23(24)31-3/h4,7-8,10-11,13,16,20,22,29H,1,5-6,9,12,14-15,17-19H2,2-3H3. The summed E-state index contributed by atoms with van der Waals surface area (Å²) < 4.78 is 11.6. The number of aliphatic hydroxyl groups is 1. The molecule has 33 heavy (non-hydrogen) atoms. The van der Waals surface area contributed by atoms with Gasteiger partial charge in [-0.15, -0.1) is 17.9 Å². The van der Waals surface area contributed by atoms with E-state index in [2.05, 4.69) is 29.8 Å². The molecular formula is C26H36N2O4S. The van der Waals surface area contributed by atoms with Gasteiger partial charge in [-0.05, 0) is 61.4 Å². The minimum atomic E-state index is -0.461. The monoisotopic (exact) mass is 472 g/mol. The maximum absolute atomic E-state index is 13.5. The highest BCUT2D eigenvalue weighted by Gasteiger charge is 2.33. The van der Waals surface area contributed by atoms with Crippen LogP contribution in [0.15, 0.2) is 48.4 Å². The van der Waals surface area contributed by atoms with Crippen molar-refractivity contribution in [2.24, 2.45) is 0 Å². The third kappa shape index (κ3) is 6.82. The number of methoxy groups -OCH3 is 1. The molecule has 1 aromatic carbocycles. The first kappa shape index (κ1) is 25.3. The number of fused-ring (bicyclic) bond motifs is 1. The average molecular weight is 473 g/mol. The zero-order valence-electron chi connectivity index (χ0n) is 19.7. The quantitative estimate of drug-likeness (QED) is 0.441. The maximum Gasteiger partial charge on any atom is 0.237 e. The van der Waals surface area contributed by atoms with E-state index in [9.17, 15) is 9.90 Å². The van der Waals surface area contributed by atoms with E-state index < -0.39 is 6.10 Å². The molecule has 2 unspecified atom stereocenters. The number of carbonyl (C=O) groups excluding carboxylic acids is 1. The van der Waals surface area contributed by atoms with Crippen LogP contribution in [0.25, 0.3) is 0 Å². The third-order valence-corrected chi connectivity index (χ3v) is 6.95. The molecule has 1 aliphatic rings. The van der Waals surface area contributed by atoms with Crippen LogP contribution >= 0.6 is 11.3 Å². The normalized spacial score (nSPS) is 16.4. The van der Waals surface area contributed by atoms with Gasteiger partial charge in [-0.25, -0.2) is 0 Å². The Labute approximate surface area is 201 Å². The molecule has 0 fully saturated rings. The molecule has 0 bridgehead atoms. The molecule has 0 saturated carbocycles. The summed E-state index contributed by atoms with van der Waals surface area (Å²) in [5.74, 6) is 1.43. The zero-order valence-corrected chi connectivity index (χ0v) is 20.6. The molecule has 2 aromatic rings. The minimum Gasteiger partial charge on any atom is -0.493 e. The van der Waals surface area contributed by atoms with Crippen molar-refractivity contribution in [3.05, 3.63) is 58.8 Å². The lowest BCUT2D eigenvalue weighted by Crippen LogP contribution is -2.47. The van der Waals surface area contributed by atoms with Gasteiger partial charge < -0.3 is 19.5 Å². The Bertz CT molecular complexity index is 900. The number of carbonyl (C=O) groups is 1. The van der Waals surface area contributed by atoms with Crippen LogP contribution < -0.4 is 9.47 Å². The van der Waals surface area contributed by atoms with Gasteiger partial charge in [0, 0.05) is 18.0 Å². The van der Waals surface area contributed by atoms with Gasteiger partial charge in [0.1, 0.15) is 6.61 Å². The fraction of sp³-hybridized carbons (Fsp3) is 0.500. The summed E-state index contributed by atoms with van der Waals surface area (Å²) in [6, 6.07) is 9.54. The molecule has 0 saturated heterocycles. The van der Waals surface area contributed by atoms with E-state index in [-0.39, 0.29) is 11.9 Å². The number of para-hydroxylation sites is 2. The van der Waals surface area contributed by atoms with Crippen LogP contribution in [-0.2, 0) is 11.2 Å². The lowest BCUT2D eigenvalue weighted by Gasteiger charge is -2.37. The predicted molar refractivity (Wildman–Crippen MR) is 133 cm³/mol. The van der Waals surface area contributed by atoms with E-state index in [1.807, 2.05) is 35.2 Å². The lowest BCUT2D eigenvalue weighted by molar-refractivity contribution is -0.136. The van der Waals surface area contributed by atoms with Crippen LogP contribution in [0.4, 0.5) is 0 Å². The third-order valence-electron chi connectivity index (χ3n) is 5.95.